The van der Waals surface area contributed by atoms with E-state index in [0.29, 0.717) is 25.0 Å². The highest BCUT2D eigenvalue weighted by Gasteiger charge is 2.27. The van der Waals surface area contributed by atoms with Crippen LogP contribution in [0.1, 0.15) is 54.4 Å². The van der Waals surface area contributed by atoms with Crippen LogP contribution in [0.25, 0.3) is 0 Å². The van der Waals surface area contributed by atoms with Crippen LogP contribution in [0.2, 0.25) is 0 Å². The van der Waals surface area contributed by atoms with Crippen molar-refractivity contribution in [3.05, 3.63) is 101 Å². The number of nitrogens with zero attached hydrogens (tertiary/aromatic N) is 1. The average molecular weight is 568 g/mol. The van der Waals surface area contributed by atoms with Crippen LogP contribution in [0.5, 0.6) is 5.75 Å². The molecular weight excluding hydrogens is 530 g/mol. The topological polar surface area (TPSA) is 118 Å². The number of nitrogens with one attached hydrogen (secondary N) is 2. The van der Waals surface area contributed by atoms with Crippen LogP contribution in [-0.4, -0.2) is 37.0 Å². The van der Waals surface area contributed by atoms with Gasteiger partial charge in [-0.05, 0) is 72.6 Å². The van der Waals surface area contributed by atoms with Gasteiger partial charge in [0.1, 0.15) is 18.4 Å². The molecule has 1 aliphatic carbocycles. The summed E-state index contributed by atoms with van der Waals surface area (Å²) in [6.45, 7) is 0.466. The van der Waals surface area contributed by atoms with Crippen LogP contribution < -0.4 is 15.4 Å². The molecule has 0 aromatic heterocycles. The first-order chi connectivity index (χ1) is 20.4. The summed E-state index contributed by atoms with van der Waals surface area (Å²) in [6.07, 6.45) is 4.16. The van der Waals surface area contributed by atoms with E-state index in [-0.39, 0.29) is 30.2 Å². The van der Waals surface area contributed by atoms with Gasteiger partial charge in [-0.1, -0.05) is 54.6 Å². The van der Waals surface area contributed by atoms with Crippen LogP contribution in [0, 0.1) is 17.2 Å². The number of ether oxygens (including phenoxy) is 2. The Bertz CT molecular complexity index is 1360. The third-order valence-electron chi connectivity index (χ3n) is 7.57. The quantitative estimate of drug-likeness (QED) is 0.308. The molecule has 8 nitrogen and oxygen atoms in total. The Morgan fingerprint density at radius 3 is 2.17 bits per heavy atom. The van der Waals surface area contributed by atoms with E-state index in [1.807, 2.05) is 54.6 Å². The Morgan fingerprint density at radius 2 is 1.52 bits per heavy atom. The Morgan fingerprint density at radius 1 is 0.857 bits per heavy atom. The largest absolute Gasteiger partial charge is 0.489 e. The van der Waals surface area contributed by atoms with E-state index in [4.69, 9.17) is 14.7 Å². The molecule has 4 rings (SSSR count). The van der Waals surface area contributed by atoms with Crippen molar-refractivity contribution < 1.29 is 23.9 Å². The van der Waals surface area contributed by atoms with Gasteiger partial charge < -0.3 is 20.1 Å². The van der Waals surface area contributed by atoms with E-state index in [0.717, 1.165) is 48.1 Å². The minimum atomic E-state index is -0.781. The molecule has 0 aliphatic heterocycles. The van der Waals surface area contributed by atoms with Gasteiger partial charge >= 0.3 is 5.97 Å². The van der Waals surface area contributed by atoms with Gasteiger partial charge in [0.05, 0.1) is 25.2 Å². The Labute approximate surface area is 247 Å². The molecule has 0 bridgehead atoms. The lowest BCUT2D eigenvalue weighted by molar-refractivity contribution is -0.145. The molecule has 0 saturated heterocycles. The molecule has 3 aromatic rings. The van der Waals surface area contributed by atoms with Crippen LogP contribution in [0.4, 0.5) is 0 Å². The Hall–Kier alpha value is -4.64. The maximum Gasteiger partial charge on any atom is 0.328 e. The van der Waals surface area contributed by atoms with Gasteiger partial charge in [-0.25, -0.2) is 4.79 Å². The minimum Gasteiger partial charge on any atom is -0.489 e. The molecule has 8 heteroatoms. The molecule has 2 amide bonds. The van der Waals surface area contributed by atoms with Gasteiger partial charge in [0.25, 0.3) is 0 Å². The molecule has 0 radical (unpaired) electrons. The lowest BCUT2D eigenvalue weighted by Gasteiger charge is -2.29. The minimum absolute atomic E-state index is 0.0439. The van der Waals surface area contributed by atoms with Gasteiger partial charge in [-0.15, -0.1) is 0 Å². The third kappa shape index (κ3) is 9.48. The molecule has 3 aromatic carbocycles. The molecule has 218 valence electrons. The molecule has 42 heavy (non-hydrogen) atoms. The highest BCUT2D eigenvalue weighted by Crippen LogP contribution is 2.27. The van der Waals surface area contributed by atoms with Gasteiger partial charge in [0.15, 0.2) is 0 Å². The van der Waals surface area contributed by atoms with Crippen molar-refractivity contribution in [1.82, 2.24) is 10.6 Å². The molecule has 2 N–H and O–H groups in total. The first kappa shape index (κ1) is 30.3. The number of esters is 1. The number of hydrogen-bond donors (Lipinski definition) is 2. The van der Waals surface area contributed by atoms with Crippen molar-refractivity contribution in [2.45, 2.75) is 63.6 Å². The molecule has 0 spiro atoms. The number of nitriles is 1. The van der Waals surface area contributed by atoms with Crippen LogP contribution in [0.15, 0.2) is 78.9 Å². The first-order valence-corrected chi connectivity index (χ1v) is 14.3. The second-order valence-corrected chi connectivity index (χ2v) is 10.7. The zero-order valence-electron chi connectivity index (χ0n) is 23.9. The summed E-state index contributed by atoms with van der Waals surface area (Å²) in [7, 11) is 1.32. The molecule has 0 heterocycles. The lowest BCUT2D eigenvalue weighted by atomic mass is 9.83. The molecule has 1 fully saturated rings. The zero-order valence-corrected chi connectivity index (χ0v) is 23.9. The fourth-order valence-corrected chi connectivity index (χ4v) is 5.22. The number of benzene rings is 3. The molecule has 1 aliphatic rings. The lowest BCUT2D eigenvalue weighted by Crippen LogP contribution is -2.44. The van der Waals surface area contributed by atoms with Crippen LogP contribution in [0.3, 0.4) is 0 Å². The van der Waals surface area contributed by atoms with E-state index in [2.05, 4.69) is 16.7 Å². The summed E-state index contributed by atoms with van der Waals surface area (Å²) in [5.41, 5.74) is 3.39. The number of rotatable bonds is 12. The first-order valence-electron chi connectivity index (χ1n) is 14.3. The van der Waals surface area contributed by atoms with E-state index in [1.165, 1.54) is 7.11 Å². The smallest absolute Gasteiger partial charge is 0.328 e. The van der Waals surface area contributed by atoms with Gasteiger partial charge in [-0.3, -0.25) is 9.59 Å². The SMILES string of the molecule is COC(=O)[C@H](Cc1ccc(OCc2ccccc2)cc1)NC(=O)CC1CCC(NC(=O)Cc2ccc(C#N)cc2)CC1. The Balaban J connectivity index is 1.20. The van der Waals surface area contributed by atoms with Crippen molar-refractivity contribution in [3.63, 3.8) is 0 Å². The van der Waals surface area contributed by atoms with E-state index >= 15 is 0 Å². The van der Waals surface area contributed by atoms with Gasteiger partial charge in [0, 0.05) is 18.9 Å². The van der Waals surface area contributed by atoms with Crippen molar-refractivity contribution in [2.75, 3.05) is 7.11 Å². The highest BCUT2D eigenvalue weighted by molar-refractivity contribution is 5.84. The van der Waals surface area contributed by atoms with Crippen LogP contribution in [-0.2, 0) is 38.6 Å². The summed E-state index contributed by atoms with van der Waals surface area (Å²) in [4.78, 5) is 37.8. The van der Waals surface area contributed by atoms with Crippen molar-refractivity contribution in [1.29, 1.82) is 5.26 Å². The van der Waals surface area contributed by atoms with Gasteiger partial charge in [0.2, 0.25) is 11.8 Å². The fourth-order valence-electron chi connectivity index (χ4n) is 5.22. The van der Waals surface area contributed by atoms with Crippen LogP contribution >= 0.6 is 0 Å². The molecule has 1 saturated carbocycles. The number of methoxy groups -OCH3 is 1. The summed E-state index contributed by atoms with van der Waals surface area (Å²) < 4.78 is 10.8. The monoisotopic (exact) mass is 567 g/mol. The summed E-state index contributed by atoms with van der Waals surface area (Å²) >= 11 is 0. The normalized spacial score (nSPS) is 16.9. The van der Waals surface area contributed by atoms with Crippen molar-refractivity contribution in [3.8, 4) is 11.8 Å². The molecular formula is C34H37N3O5. The second-order valence-electron chi connectivity index (χ2n) is 10.7. The number of carbonyl (C=O) groups is 3. The molecule has 0 unspecified atom stereocenters. The maximum atomic E-state index is 12.9. The second kappa shape index (κ2) is 15.4. The van der Waals surface area contributed by atoms with E-state index < -0.39 is 12.0 Å². The predicted molar refractivity (Wildman–Crippen MR) is 158 cm³/mol. The zero-order chi connectivity index (χ0) is 29.7. The summed E-state index contributed by atoms with van der Waals surface area (Å²) in [5.74, 6) is 0.207. The number of hydrogen-bond acceptors (Lipinski definition) is 6. The standard InChI is InChI=1S/C34H37N3O5/c1-41-34(40)31(19-24-13-17-30(18-14-24)42-23-28-5-3-2-4-6-28)37-33(39)21-26-11-15-29(16-12-26)36-32(38)20-25-7-9-27(22-35)10-8-25/h2-10,13-14,17-18,26,29,31H,11-12,15-16,19-21,23H2,1H3,(H,36,38)(H,37,39)/t26?,29?,31-/m0/s1. The maximum absolute atomic E-state index is 12.9. The summed E-state index contributed by atoms with van der Waals surface area (Å²) in [5, 5.41) is 14.9. The third-order valence-corrected chi connectivity index (χ3v) is 7.57. The molecule has 1 atom stereocenters. The predicted octanol–water partition coefficient (Wildman–Crippen LogP) is 4.65. The summed E-state index contributed by atoms with van der Waals surface area (Å²) in [6, 6.07) is 25.8. The van der Waals surface area contributed by atoms with Crippen molar-refractivity contribution in [2.24, 2.45) is 5.92 Å². The fraction of sp³-hybridized carbons (Fsp3) is 0.353. The van der Waals surface area contributed by atoms with E-state index in [9.17, 15) is 14.4 Å². The highest BCUT2D eigenvalue weighted by atomic mass is 16.5. The van der Waals surface area contributed by atoms with E-state index in [1.54, 1.807) is 24.3 Å². The van der Waals surface area contributed by atoms with Gasteiger partial charge in [-0.2, -0.15) is 5.26 Å². The number of carbonyl (C=O) groups excluding carboxylic acids is 3. The average Bonchev–Trinajstić information content (AvgIpc) is 3.01. The number of amides is 2. The van der Waals surface area contributed by atoms with Crippen molar-refractivity contribution >= 4 is 17.8 Å². The Kier molecular flexibility index (Phi) is 11.1.